The second kappa shape index (κ2) is 7.91. The molecule has 0 bridgehead atoms. The van der Waals surface area contributed by atoms with E-state index in [-0.39, 0.29) is 23.6 Å². The lowest BCUT2D eigenvalue weighted by Crippen LogP contribution is -2.62. The van der Waals surface area contributed by atoms with Crippen molar-refractivity contribution in [3.63, 3.8) is 0 Å². The fourth-order valence-electron chi connectivity index (χ4n) is 7.75. The third-order valence-corrected chi connectivity index (χ3v) is 9.24. The van der Waals surface area contributed by atoms with Gasteiger partial charge < -0.3 is 15.4 Å². The van der Waals surface area contributed by atoms with Gasteiger partial charge in [-0.05, 0) is 79.9 Å². The van der Waals surface area contributed by atoms with E-state index < -0.39 is 16.9 Å². The van der Waals surface area contributed by atoms with Crippen molar-refractivity contribution in [3.05, 3.63) is 87.9 Å². The first-order valence-electron chi connectivity index (χ1n) is 12.8. The van der Waals surface area contributed by atoms with Crippen molar-refractivity contribution in [2.24, 2.45) is 5.92 Å². The molecule has 8 heteroatoms. The molecule has 7 rings (SSSR count). The maximum absolute atomic E-state index is 14.6. The quantitative estimate of drug-likeness (QED) is 0.483. The van der Waals surface area contributed by atoms with E-state index in [1.54, 1.807) is 37.4 Å². The summed E-state index contributed by atoms with van der Waals surface area (Å²) in [6.45, 7) is 2.49. The standard InChI is InChI=1S/C30H26ClN3O4/c1-16-14-18(31)15-21-25(16)33-28(37)30(21)29(20-6-3-4-7-22(20)32-27(29)36)24(23-8-5-13-34(23)30)26(35)17-9-11-19(38-2)12-10-17/h3-4,6-7,9-12,14-15,23-24H,5,8,13H2,1-2H3,(H,32,36)(H,33,37)/t23-,24-,29+,30+/m0/s1. The topological polar surface area (TPSA) is 87.7 Å². The number of aryl methyl sites for hydroxylation is 1. The fraction of sp³-hybridized carbons (Fsp3) is 0.300. The third-order valence-electron chi connectivity index (χ3n) is 9.02. The van der Waals surface area contributed by atoms with Gasteiger partial charge in [-0.25, -0.2) is 0 Å². The van der Waals surface area contributed by atoms with Crippen molar-refractivity contribution < 1.29 is 19.1 Å². The Kier molecular flexibility index (Phi) is 4.88. The van der Waals surface area contributed by atoms with Crippen LogP contribution in [0.4, 0.5) is 11.4 Å². The molecular weight excluding hydrogens is 502 g/mol. The van der Waals surface area contributed by atoms with Crippen LogP contribution in [-0.4, -0.2) is 42.2 Å². The largest absolute Gasteiger partial charge is 0.497 e. The summed E-state index contributed by atoms with van der Waals surface area (Å²) in [7, 11) is 1.58. The number of fused-ring (bicyclic) bond motifs is 7. The van der Waals surface area contributed by atoms with Crippen LogP contribution in [0.5, 0.6) is 5.75 Å². The minimum absolute atomic E-state index is 0.159. The van der Waals surface area contributed by atoms with Crippen molar-refractivity contribution >= 4 is 40.6 Å². The lowest BCUT2D eigenvalue weighted by Gasteiger charge is -2.43. The van der Waals surface area contributed by atoms with Crippen molar-refractivity contribution in [2.45, 2.75) is 36.8 Å². The zero-order chi connectivity index (χ0) is 26.4. The van der Waals surface area contributed by atoms with E-state index in [4.69, 9.17) is 16.3 Å². The van der Waals surface area contributed by atoms with Crippen LogP contribution >= 0.6 is 11.6 Å². The molecule has 3 aromatic rings. The zero-order valence-electron chi connectivity index (χ0n) is 21.0. The Bertz CT molecular complexity index is 1550. The summed E-state index contributed by atoms with van der Waals surface area (Å²) in [6, 6.07) is 17.7. The minimum Gasteiger partial charge on any atom is -0.497 e. The number of hydrogen-bond acceptors (Lipinski definition) is 5. The van der Waals surface area contributed by atoms with Crippen LogP contribution in [0, 0.1) is 12.8 Å². The molecule has 192 valence electrons. The van der Waals surface area contributed by atoms with Gasteiger partial charge in [-0.1, -0.05) is 29.8 Å². The highest BCUT2D eigenvalue weighted by Crippen LogP contribution is 2.68. The molecule has 4 heterocycles. The molecule has 2 fully saturated rings. The molecule has 38 heavy (non-hydrogen) atoms. The number of benzene rings is 3. The molecule has 4 aliphatic heterocycles. The number of Topliss-reactive ketones (excluding diaryl/α,β-unsaturated/α-hetero) is 1. The van der Waals surface area contributed by atoms with Crippen molar-refractivity contribution in [1.82, 2.24) is 4.90 Å². The summed E-state index contributed by atoms with van der Waals surface area (Å²) in [4.78, 5) is 45.7. The second-order valence-electron chi connectivity index (χ2n) is 10.6. The van der Waals surface area contributed by atoms with Gasteiger partial charge in [-0.2, -0.15) is 0 Å². The number of nitrogens with zero attached hydrogens (tertiary/aromatic N) is 1. The summed E-state index contributed by atoms with van der Waals surface area (Å²) >= 11 is 6.60. The van der Waals surface area contributed by atoms with Crippen molar-refractivity contribution in [3.8, 4) is 5.75 Å². The highest BCUT2D eigenvalue weighted by atomic mass is 35.5. The summed E-state index contributed by atoms with van der Waals surface area (Å²) in [6.07, 6.45) is 1.52. The number of amides is 2. The minimum atomic E-state index is -1.49. The molecule has 3 aromatic carbocycles. The highest BCUT2D eigenvalue weighted by Gasteiger charge is 2.81. The second-order valence-corrected chi connectivity index (χ2v) is 11.0. The molecule has 2 spiro atoms. The number of anilines is 2. The van der Waals surface area contributed by atoms with Gasteiger partial charge in [0.25, 0.3) is 5.91 Å². The summed E-state index contributed by atoms with van der Waals surface area (Å²) < 4.78 is 5.30. The maximum Gasteiger partial charge on any atom is 0.251 e. The van der Waals surface area contributed by atoms with E-state index >= 15 is 0 Å². The van der Waals surface area contributed by atoms with E-state index in [9.17, 15) is 14.4 Å². The first-order valence-corrected chi connectivity index (χ1v) is 13.2. The number of halogens is 1. The molecule has 4 atom stereocenters. The molecule has 7 nitrogen and oxygen atoms in total. The molecule has 0 aliphatic carbocycles. The normalized spacial score (nSPS) is 28.8. The number of ketones is 1. The smallest absolute Gasteiger partial charge is 0.251 e. The van der Waals surface area contributed by atoms with Crippen molar-refractivity contribution in [2.75, 3.05) is 24.3 Å². The SMILES string of the molecule is COc1ccc(C(=O)[C@@H]2[C@@H]3CCCN3[C@]3(C(=O)Nc4c(C)cc(Cl)cc43)[C@@]23C(=O)Nc2ccccc23)cc1. The Labute approximate surface area is 225 Å². The predicted molar refractivity (Wildman–Crippen MR) is 144 cm³/mol. The van der Waals surface area contributed by atoms with Gasteiger partial charge in [0.1, 0.15) is 16.7 Å². The first kappa shape index (κ1) is 23.4. The number of methoxy groups -OCH3 is 1. The lowest BCUT2D eigenvalue weighted by molar-refractivity contribution is -0.137. The van der Waals surface area contributed by atoms with Gasteiger partial charge in [0, 0.05) is 33.6 Å². The third kappa shape index (κ3) is 2.60. The Hall–Kier alpha value is -3.68. The van der Waals surface area contributed by atoms with Gasteiger partial charge in [0.2, 0.25) is 5.91 Å². The van der Waals surface area contributed by atoms with E-state index in [0.717, 1.165) is 12.0 Å². The van der Waals surface area contributed by atoms with Crippen LogP contribution < -0.4 is 15.4 Å². The van der Waals surface area contributed by atoms with E-state index in [1.165, 1.54) is 0 Å². The fourth-order valence-corrected chi connectivity index (χ4v) is 8.02. The molecule has 0 unspecified atom stereocenters. The summed E-state index contributed by atoms with van der Waals surface area (Å²) in [5.41, 5.74) is 1.02. The Morgan fingerprint density at radius 2 is 1.79 bits per heavy atom. The maximum atomic E-state index is 14.6. The Morgan fingerprint density at radius 3 is 2.55 bits per heavy atom. The van der Waals surface area contributed by atoms with Crippen LogP contribution in [0.1, 0.15) is 39.9 Å². The lowest BCUT2D eigenvalue weighted by atomic mass is 9.57. The highest BCUT2D eigenvalue weighted by molar-refractivity contribution is 6.31. The number of para-hydroxylation sites is 1. The van der Waals surface area contributed by atoms with E-state index in [2.05, 4.69) is 15.5 Å². The average Bonchev–Trinajstić information content (AvgIpc) is 3.63. The predicted octanol–water partition coefficient (Wildman–Crippen LogP) is 4.67. The number of ether oxygens (including phenoxy) is 1. The van der Waals surface area contributed by atoms with Crippen LogP contribution in [0.3, 0.4) is 0 Å². The number of carbonyl (C=O) groups is 3. The van der Waals surface area contributed by atoms with Crippen LogP contribution in [0.25, 0.3) is 0 Å². The summed E-state index contributed by atoms with van der Waals surface area (Å²) in [5.74, 6) is -0.937. The molecule has 2 amide bonds. The molecule has 2 N–H and O–H groups in total. The molecule has 0 aromatic heterocycles. The number of carbonyl (C=O) groups excluding carboxylic acids is 3. The van der Waals surface area contributed by atoms with Crippen LogP contribution in [0.2, 0.25) is 5.02 Å². The molecule has 2 saturated heterocycles. The van der Waals surface area contributed by atoms with Gasteiger partial charge in [-0.15, -0.1) is 0 Å². The van der Waals surface area contributed by atoms with Crippen LogP contribution in [0.15, 0.2) is 60.7 Å². The number of hydrogen-bond donors (Lipinski definition) is 2. The van der Waals surface area contributed by atoms with Gasteiger partial charge in [0.05, 0.1) is 13.0 Å². The number of nitrogens with one attached hydrogen (secondary N) is 2. The molecule has 0 saturated carbocycles. The van der Waals surface area contributed by atoms with Gasteiger partial charge in [0.15, 0.2) is 5.78 Å². The van der Waals surface area contributed by atoms with Gasteiger partial charge >= 0.3 is 0 Å². The molecular formula is C30H26ClN3O4. The monoisotopic (exact) mass is 527 g/mol. The van der Waals surface area contributed by atoms with Crippen LogP contribution in [-0.2, 0) is 20.5 Å². The number of rotatable bonds is 3. The average molecular weight is 528 g/mol. The van der Waals surface area contributed by atoms with Crippen molar-refractivity contribution in [1.29, 1.82) is 0 Å². The van der Waals surface area contributed by atoms with E-state index in [0.29, 0.717) is 51.8 Å². The Morgan fingerprint density at radius 1 is 1.03 bits per heavy atom. The first-order chi connectivity index (χ1) is 18.3. The molecule has 0 radical (unpaired) electrons. The zero-order valence-corrected chi connectivity index (χ0v) is 21.8. The molecule has 4 aliphatic rings. The summed E-state index contributed by atoms with van der Waals surface area (Å²) in [5, 5.41) is 6.65. The van der Waals surface area contributed by atoms with E-state index in [1.807, 2.05) is 37.3 Å². The Balaban J connectivity index is 1.57. The van der Waals surface area contributed by atoms with Gasteiger partial charge in [-0.3, -0.25) is 19.3 Å².